The van der Waals surface area contributed by atoms with Gasteiger partial charge in [0.15, 0.2) is 4.34 Å². The zero-order valence-corrected chi connectivity index (χ0v) is 10.5. The van der Waals surface area contributed by atoms with Crippen LogP contribution >= 0.6 is 23.3 Å². The summed E-state index contributed by atoms with van der Waals surface area (Å²) in [6.07, 6.45) is 1.53. The Morgan fingerprint density at radius 2 is 2.12 bits per heavy atom. The molecule has 0 saturated carbocycles. The van der Waals surface area contributed by atoms with Gasteiger partial charge in [0, 0.05) is 5.75 Å². The second kappa shape index (κ2) is 4.95. The van der Waals surface area contributed by atoms with Gasteiger partial charge in [0.1, 0.15) is 6.33 Å². The Kier molecular flexibility index (Phi) is 3.58. The van der Waals surface area contributed by atoms with E-state index in [0.29, 0.717) is 5.75 Å². The summed E-state index contributed by atoms with van der Waals surface area (Å²) >= 11 is 2.87. The molecule has 0 radical (unpaired) electrons. The molecule has 16 heavy (non-hydrogen) atoms. The van der Waals surface area contributed by atoms with Gasteiger partial charge in [-0.05, 0) is 24.0 Å². The maximum Gasteiger partial charge on any atom is 0.169 e. The van der Waals surface area contributed by atoms with E-state index in [0.717, 1.165) is 9.90 Å². The van der Waals surface area contributed by atoms with E-state index < -0.39 is 5.60 Å². The fraction of sp³-hybridized carbons (Fsp3) is 0.273. The molecule has 84 valence electrons. The van der Waals surface area contributed by atoms with Crippen LogP contribution in [0.2, 0.25) is 0 Å². The van der Waals surface area contributed by atoms with Crippen LogP contribution in [-0.4, -0.2) is 20.2 Å². The van der Waals surface area contributed by atoms with E-state index in [-0.39, 0.29) is 0 Å². The Morgan fingerprint density at radius 3 is 2.75 bits per heavy atom. The van der Waals surface area contributed by atoms with Gasteiger partial charge in [-0.25, -0.2) is 4.98 Å². The van der Waals surface area contributed by atoms with Crippen LogP contribution in [0.1, 0.15) is 12.5 Å². The van der Waals surface area contributed by atoms with Crippen molar-refractivity contribution in [2.75, 3.05) is 5.75 Å². The average molecular weight is 252 g/mol. The van der Waals surface area contributed by atoms with Gasteiger partial charge in [-0.15, -0.1) is 0 Å². The molecule has 5 heteroatoms. The van der Waals surface area contributed by atoms with Gasteiger partial charge in [-0.1, -0.05) is 42.1 Å². The molecule has 1 unspecified atom stereocenters. The van der Waals surface area contributed by atoms with E-state index in [1.807, 2.05) is 37.3 Å². The van der Waals surface area contributed by atoms with E-state index in [4.69, 9.17) is 0 Å². The third-order valence-electron chi connectivity index (χ3n) is 2.21. The van der Waals surface area contributed by atoms with E-state index in [1.165, 1.54) is 29.6 Å². The van der Waals surface area contributed by atoms with E-state index >= 15 is 0 Å². The first-order chi connectivity index (χ1) is 7.68. The molecule has 2 aromatic rings. The summed E-state index contributed by atoms with van der Waals surface area (Å²) < 4.78 is 4.81. The number of thioether (sulfide) groups is 1. The van der Waals surface area contributed by atoms with Gasteiger partial charge >= 0.3 is 0 Å². The number of hydrogen-bond donors (Lipinski definition) is 1. The lowest BCUT2D eigenvalue weighted by Crippen LogP contribution is -2.24. The highest BCUT2D eigenvalue weighted by Crippen LogP contribution is 2.29. The van der Waals surface area contributed by atoms with Crippen molar-refractivity contribution in [2.24, 2.45) is 0 Å². The maximum atomic E-state index is 10.3. The standard InChI is InChI=1S/C11H12N2OS2/c1-11(14,9-5-3-2-4-6-9)7-15-10-12-8-13-16-10/h2-6,8,14H,7H2,1H3. The number of benzene rings is 1. The predicted molar refractivity (Wildman–Crippen MR) is 66.6 cm³/mol. The van der Waals surface area contributed by atoms with Crippen LogP contribution in [0.5, 0.6) is 0 Å². The number of hydrogen-bond acceptors (Lipinski definition) is 5. The first kappa shape index (κ1) is 11.6. The molecule has 0 fully saturated rings. The minimum absolute atomic E-state index is 0.576. The van der Waals surface area contributed by atoms with Gasteiger partial charge in [0.05, 0.1) is 5.60 Å². The molecule has 0 bridgehead atoms. The SMILES string of the molecule is CC(O)(CSc1ncns1)c1ccccc1. The van der Waals surface area contributed by atoms with Crippen molar-refractivity contribution in [3.8, 4) is 0 Å². The first-order valence-corrected chi connectivity index (χ1v) is 6.62. The van der Waals surface area contributed by atoms with Gasteiger partial charge in [0.25, 0.3) is 0 Å². The zero-order valence-electron chi connectivity index (χ0n) is 8.83. The molecule has 3 nitrogen and oxygen atoms in total. The third-order valence-corrected chi connectivity index (χ3v) is 4.31. The molecule has 1 aromatic carbocycles. The van der Waals surface area contributed by atoms with Crippen molar-refractivity contribution in [3.05, 3.63) is 42.2 Å². The minimum atomic E-state index is -0.836. The molecule has 0 saturated heterocycles. The number of nitrogens with zero attached hydrogens (tertiary/aromatic N) is 2. The van der Waals surface area contributed by atoms with Crippen molar-refractivity contribution < 1.29 is 5.11 Å². The lowest BCUT2D eigenvalue weighted by Gasteiger charge is -2.22. The number of rotatable bonds is 4. The van der Waals surface area contributed by atoms with Crippen LogP contribution in [0.15, 0.2) is 41.0 Å². The molecule has 0 aliphatic carbocycles. The van der Waals surface area contributed by atoms with Crippen LogP contribution < -0.4 is 0 Å². The molecule has 0 amide bonds. The van der Waals surface area contributed by atoms with E-state index in [9.17, 15) is 5.11 Å². The summed E-state index contributed by atoms with van der Waals surface area (Å²) in [7, 11) is 0. The van der Waals surface area contributed by atoms with Crippen LogP contribution in [-0.2, 0) is 5.60 Å². The zero-order chi connectivity index (χ0) is 11.4. The molecule has 0 aliphatic heterocycles. The Labute approximate surface area is 103 Å². The van der Waals surface area contributed by atoms with Crippen molar-refractivity contribution in [2.45, 2.75) is 16.9 Å². The molecular weight excluding hydrogens is 240 g/mol. The lowest BCUT2D eigenvalue weighted by molar-refractivity contribution is 0.0839. The molecule has 1 heterocycles. The van der Waals surface area contributed by atoms with Crippen LogP contribution in [0.4, 0.5) is 0 Å². The average Bonchev–Trinajstić information content (AvgIpc) is 2.81. The molecule has 0 spiro atoms. The third kappa shape index (κ3) is 2.81. The highest BCUT2D eigenvalue weighted by Gasteiger charge is 2.23. The molecule has 2 rings (SSSR count). The first-order valence-electron chi connectivity index (χ1n) is 4.86. The maximum absolute atomic E-state index is 10.3. The van der Waals surface area contributed by atoms with Gasteiger partial charge in [0.2, 0.25) is 0 Å². The van der Waals surface area contributed by atoms with Crippen molar-refractivity contribution in [1.82, 2.24) is 9.36 Å². The predicted octanol–water partition coefficient (Wildman–Crippen LogP) is 2.54. The van der Waals surface area contributed by atoms with Gasteiger partial charge < -0.3 is 5.11 Å². The molecule has 1 N–H and O–H groups in total. The Hall–Kier alpha value is -0.910. The summed E-state index contributed by atoms with van der Waals surface area (Å²) in [5, 5.41) is 10.3. The largest absolute Gasteiger partial charge is 0.385 e. The van der Waals surface area contributed by atoms with Crippen molar-refractivity contribution in [1.29, 1.82) is 0 Å². The summed E-state index contributed by atoms with van der Waals surface area (Å²) in [5.74, 6) is 0.576. The smallest absolute Gasteiger partial charge is 0.169 e. The summed E-state index contributed by atoms with van der Waals surface area (Å²) in [6, 6.07) is 9.66. The normalized spacial score (nSPS) is 14.6. The highest BCUT2D eigenvalue weighted by atomic mass is 32.2. The highest BCUT2D eigenvalue weighted by molar-refractivity contribution is 8.00. The Balaban J connectivity index is 2.03. The second-order valence-electron chi connectivity index (χ2n) is 3.64. The van der Waals surface area contributed by atoms with E-state index in [1.54, 1.807) is 0 Å². The monoisotopic (exact) mass is 252 g/mol. The molecule has 1 aromatic heterocycles. The van der Waals surface area contributed by atoms with Crippen LogP contribution in [0, 0.1) is 0 Å². The topological polar surface area (TPSA) is 46.0 Å². The summed E-state index contributed by atoms with van der Waals surface area (Å²) in [4.78, 5) is 4.07. The minimum Gasteiger partial charge on any atom is -0.385 e. The molecular formula is C11H12N2OS2. The second-order valence-corrected chi connectivity index (χ2v) is 5.64. The Bertz CT molecular complexity index is 429. The fourth-order valence-corrected chi connectivity index (χ4v) is 2.80. The quantitative estimate of drug-likeness (QED) is 0.849. The molecule has 1 atom stereocenters. The van der Waals surface area contributed by atoms with Crippen molar-refractivity contribution in [3.63, 3.8) is 0 Å². The fourth-order valence-electron chi connectivity index (χ4n) is 1.31. The van der Waals surface area contributed by atoms with Crippen molar-refractivity contribution >= 4 is 23.3 Å². The van der Waals surface area contributed by atoms with Crippen LogP contribution in [0.25, 0.3) is 0 Å². The number of aromatic nitrogens is 2. The molecule has 0 aliphatic rings. The Morgan fingerprint density at radius 1 is 1.38 bits per heavy atom. The summed E-state index contributed by atoms with van der Waals surface area (Å²) in [6.45, 7) is 1.82. The summed E-state index contributed by atoms with van der Waals surface area (Å²) in [5.41, 5.74) is 0.0874. The van der Waals surface area contributed by atoms with Crippen LogP contribution in [0.3, 0.4) is 0 Å². The van der Waals surface area contributed by atoms with E-state index in [2.05, 4.69) is 9.36 Å². The lowest BCUT2D eigenvalue weighted by atomic mass is 9.99. The van der Waals surface area contributed by atoms with Gasteiger partial charge in [-0.2, -0.15) is 4.37 Å². The van der Waals surface area contributed by atoms with Gasteiger partial charge in [-0.3, -0.25) is 0 Å². The number of aliphatic hydroxyl groups is 1.